The van der Waals surface area contributed by atoms with Crippen molar-refractivity contribution < 1.29 is 26.6 Å². The molecule has 0 spiro atoms. The molecule has 92 valence electrons. The van der Waals surface area contributed by atoms with Crippen LogP contribution in [0.15, 0.2) is 11.6 Å². The van der Waals surface area contributed by atoms with Crippen LogP contribution in [-0.4, -0.2) is 12.1 Å². The molecule has 2 fully saturated rings. The first-order valence-corrected chi connectivity index (χ1v) is 5.55. The summed E-state index contributed by atoms with van der Waals surface area (Å²) in [6, 6.07) is 0. The summed E-state index contributed by atoms with van der Waals surface area (Å²) in [5.74, 6) is 0.835. The molecule has 1 heterocycles. The van der Waals surface area contributed by atoms with E-state index in [4.69, 9.17) is 4.74 Å². The largest absolute Gasteiger partial charge is 2.00 e. The Morgan fingerprint density at radius 3 is 1.83 bits per heavy atom. The van der Waals surface area contributed by atoms with Gasteiger partial charge in [0.1, 0.15) is 6.10 Å². The van der Waals surface area contributed by atoms with Crippen molar-refractivity contribution in [3.05, 3.63) is 75.4 Å². The van der Waals surface area contributed by atoms with Gasteiger partial charge in [-0.3, -0.25) is 0 Å². The number of carbonyl (C=O) groups is 1. The molecule has 3 heteroatoms. The van der Waals surface area contributed by atoms with E-state index in [1.165, 1.54) is 0 Å². The molecule has 0 amide bonds. The molecule has 0 bridgehead atoms. The monoisotopic (exact) mass is 282 g/mol. The van der Waals surface area contributed by atoms with Gasteiger partial charge in [0.2, 0.25) is 0 Å². The minimum atomic E-state index is -0.207. The van der Waals surface area contributed by atoms with E-state index in [9.17, 15) is 4.79 Å². The van der Waals surface area contributed by atoms with E-state index in [1.807, 2.05) is 63.9 Å². The van der Waals surface area contributed by atoms with Crippen LogP contribution in [0.4, 0.5) is 0 Å². The summed E-state index contributed by atoms with van der Waals surface area (Å²) in [6.45, 7) is 1.77. The first-order valence-electron chi connectivity index (χ1n) is 5.55. The number of cyclic esters (lactones) is 1. The molecule has 3 aliphatic rings. The van der Waals surface area contributed by atoms with Gasteiger partial charge in [-0.2, -0.15) is 0 Å². The Bertz CT molecular complexity index is 281. The van der Waals surface area contributed by atoms with Gasteiger partial charge in [0.25, 0.3) is 0 Å². The van der Waals surface area contributed by atoms with Gasteiger partial charge in [0, 0.05) is 11.5 Å². The summed E-state index contributed by atoms with van der Waals surface area (Å²) in [6.07, 6.45) is 19.5. The molecule has 2 nitrogen and oxygen atoms in total. The molecule has 0 aromatic carbocycles. The van der Waals surface area contributed by atoms with Gasteiger partial charge in [0.05, 0.1) is 0 Å². The molecule has 0 aromatic rings. The third-order valence-corrected chi connectivity index (χ3v) is 2.53. The number of ether oxygens (including phenoxy) is 1. The molecule has 1 unspecified atom stereocenters. The summed E-state index contributed by atoms with van der Waals surface area (Å²) in [7, 11) is 0. The van der Waals surface area contributed by atoms with E-state index in [0.717, 1.165) is 5.92 Å². The van der Waals surface area contributed by atoms with Crippen molar-refractivity contribution in [2.45, 2.75) is 13.0 Å². The predicted octanol–water partition coefficient (Wildman–Crippen LogP) is 2.28. The number of carbonyl (C=O) groups excluding carboxylic acids is 1. The fourth-order valence-corrected chi connectivity index (χ4v) is 1.60. The Morgan fingerprint density at radius 2 is 1.44 bits per heavy atom. The van der Waals surface area contributed by atoms with Gasteiger partial charge >= 0.3 is 23.0 Å². The van der Waals surface area contributed by atoms with Gasteiger partial charge in [0.15, 0.2) is 0 Å². The van der Waals surface area contributed by atoms with E-state index in [0.29, 0.717) is 5.57 Å². The van der Waals surface area contributed by atoms with E-state index in [1.54, 1.807) is 6.92 Å². The van der Waals surface area contributed by atoms with Crippen LogP contribution in [0.25, 0.3) is 0 Å². The van der Waals surface area contributed by atoms with Crippen molar-refractivity contribution in [1.29, 1.82) is 0 Å². The average Bonchev–Trinajstić information content (AvgIpc) is 3.03. The molecule has 0 aromatic heterocycles. The molecule has 2 saturated carbocycles. The maximum absolute atomic E-state index is 11.0. The Hall–Kier alpha value is -0.271. The fourth-order valence-electron chi connectivity index (χ4n) is 1.60. The molecule has 1 atom stereocenters. The van der Waals surface area contributed by atoms with E-state index < -0.39 is 0 Å². The van der Waals surface area contributed by atoms with E-state index in [2.05, 4.69) is 0 Å². The van der Waals surface area contributed by atoms with Crippen LogP contribution in [0.5, 0.6) is 0 Å². The van der Waals surface area contributed by atoms with Crippen LogP contribution in [0, 0.1) is 63.7 Å². The standard InChI is InChI=1S/C10H9O2.C5H5.Fe/c1-7-6-9(12-10(7)11)8-4-2-3-5-8;1-2-4-5-3-1;/h2-6,9H,1H3;1-5H;/q;;+2. The molecule has 1 aliphatic heterocycles. The third kappa shape index (κ3) is 4.44. The van der Waals surface area contributed by atoms with E-state index >= 15 is 0 Å². The van der Waals surface area contributed by atoms with Crippen molar-refractivity contribution in [3.8, 4) is 0 Å². The number of hydrogen-bond donors (Lipinski definition) is 0. The minimum absolute atomic E-state index is 0. The average molecular weight is 282 g/mol. The first kappa shape index (κ1) is 15.8. The van der Waals surface area contributed by atoms with Crippen LogP contribution in [-0.2, 0) is 26.6 Å². The third-order valence-electron chi connectivity index (χ3n) is 2.53. The SMILES string of the molecule is CC1=CC([C]2[CH][CH][CH][CH]2)OC1=O.[CH]1[CH][CH][CH][CH]1.[Fe+2]. The maximum Gasteiger partial charge on any atom is 2.00 e. The van der Waals surface area contributed by atoms with Crippen LogP contribution in [0.2, 0.25) is 0 Å². The summed E-state index contributed by atoms with van der Waals surface area (Å²) >= 11 is 0. The minimum Gasteiger partial charge on any atom is -0.454 e. The molecule has 10 radical (unpaired) electrons. The van der Waals surface area contributed by atoms with Crippen LogP contribution in [0.1, 0.15) is 6.92 Å². The van der Waals surface area contributed by atoms with Crippen LogP contribution < -0.4 is 0 Å². The van der Waals surface area contributed by atoms with Crippen LogP contribution >= 0.6 is 0 Å². The molecule has 0 N–H and O–H groups in total. The molecular weight excluding hydrogens is 268 g/mol. The predicted molar refractivity (Wildman–Crippen MR) is 65.6 cm³/mol. The summed E-state index contributed by atoms with van der Waals surface area (Å²) in [5, 5.41) is 0. The second kappa shape index (κ2) is 8.01. The van der Waals surface area contributed by atoms with Gasteiger partial charge < -0.3 is 4.74 Å². The normalized spacial score (nSPS) is 27.1. The fraction of sp³-hybridized carbons (Fsp3) is 0.133. The van der Waals surface area contributed by atoms with Gasteiger partial charge in [-0.05, 0) is 70.8 Å². The Labute approximate surface area is 121 Å². The zero-order chi connectivity index (χ0) is 12.1. The Kier molecular flexibility index (Phi) is 7.03. The topological polar surface area (TPSA) is 26.3 Å². The van der Waals surface area contributed by atoms with Crippen molar-refractivity contribution >= 4 is 5.97 Å². The molecule has 0 saturated heterocycles. The quantitative estimate of drug-likeness (QED) is 0.545. The van der Waals surface area contributed by atoms with Crippen LogP contribution in [0.3, 0.4) is 0 Å². The summed E-state index contributed by atoms with van der Waals surface area (Å²) in [5.41, 5.74) is 0.696. The summed E-state index contributed by atoms with van der Waals surface area (Å²) in [4.78, 5) is 11.0. The van der Waals surface area contributed by atoms with Gasteiger partial charge in [-0.25, -0.2) is 4.79 Å². The second-order valence-corrected chi connectivity index (χ2v) is 3.86. The van der Waals surface area contributed by atoms with Gasteiger partial charge in [-0.15, -0.1) is 0 Å². The van der Waals surface area contributed by atoms with Crippen molar-refractivity contribution in [2.75, 3.05) is 0 Å². The molecule has 3 rings (SSSR count). The molecular formula is C15H14FeO2+2. The maximum atomic E-state index is 11.0. The van der Waals surface area contributed by atoms with Crippen molar-refractivity contribution in [2.24, 2.45) is 0 Å². The smallest absolute Gasteiger partial charge is 0.454 e. The zero-order valence-corrected chi connectivity index (χ0v) is 11.1. The van der Waals surface area contributed by atoms with E-state index in [-0.39, 0.29) is 29.1 Å². The van der Waals surface area contributed by atoms with Crippen molar-refractivity contribution in [3.63, 3.8) is 0 Å². The molecule has 2 aliphatic carbocycles. The first-order chi connectivity index (χ1) is 8.27. The second-order valence-electron chi connectivity index (χ2n) is 3.86. The molecule has 18 heavy (non-hydrogen) atoms. The number of esters is 1. The van der Waals surface area contributed by atoms with Gasteiger partial charge in [-0.1, -0.05) is 0 Å². The summed E-state index contributed by atoms with van der Waals surface area (Å²) < 4.78 is 5.09. The number of rotatable bonds is 1. The zero-order valence-electron chi connectivity index (χ0n) is 10.0. The Morgan fingerprint density at radius 1 is 0.944 bits per heavy atom. The Balaban J connectivity index is 0.000000230. The number of hydrogen-bond acceptors (Lipinski definition) is 2. The van der Waals surface area contributed by atoms with Crippen molar-refractivity contribution in [1.82, 2.24) is 0 Å².